The number of nitrogens with zero attached hydrogens (tertiary/aromatic N) is 2. The molecule has 0 atom stereocenters. The van der Waals surface area contributed by atoms with E-state index in [1.54, 1.807) is 0 Å². The smallest absolute Gasteiger partial charge is 0.136 e. The zero-order valence-corrected chi connectivity index (χ0v) is 10.4. The highest BCUT2D eigenvalue weighted by atomic mass is 35.5. The van der Waals surface area contributed by atoms with Gasteiger partial charge in [0.1, 0.15) is 12.3 Å². The fourth-order valence-corrected chi connectivity index (χ4v) is 2.26. The molecule has 3 rings (SSSR count). The van der Waals surface area contributed by atoms with Crippen LogP contribution in [-0.2, 0) is 4.84 Å². The quantitative estimate of drug-likeness (QED) is 0.580. The summed E-state index contributed by atoms with van der Waals surface area (Å²) in [7, 11) is 0. The van der Waals surface area contributed by atoms with E-state index in [0.717, 1.165) is 22.7 Å². The highest BCUT2D eigenvalue weighted by Gasteiger charge is 2.25. The molecule has 0 saturated carbocycles. The Balaban J connectivity index is 2.10. The van der Waals surface area contributed by atoms with Crippen molar-refractivity contribution in [3.63, 3.8) is 0 Å². The Morgan fingerprint density at radius 2 is 2.22 bits per heavy atom. The van der Waals surface area contributed by atoms with E-state index in [4.69, 9.17) is 22.2 Å². The predicted molar refractivity (Wildman–Crippen MR) is 71.4 cm³/mol. The molecule has 0 unspecified atom stereocenters. The van der Waals surface area contributed by atoms with Gasteiger partial charge in [0.25, 0.3) is 0 Å². The van der Waals surface area contributed by atoms with Gasteiger partial charge in [-0.25, -0.2) is 0 Å². The minimum Gasteiger partial charge on any atom is -0.394 e. The fourth-order valence-electron chi connectivity index (χ4n) is 2.09. The van der Waals surface area contributed by atoms with Crippen LogP contribution in [0.15, 0.2) is 41.7 Å². The van der Waals surface area contributed by atoms with E-state index in [9.17, 15) is 0 Å². The minimum atomic E-state index is 0.403. The van der Waals surface area contributed by atoms with Gasteiger partial charge in [0, 0.05) is 23.3 Å². The van der Waals surface area contributed by atoms with Gasteiger partial charge in [-0.1, -0.05) is 16.8 Å². The fraction of sp³-hybridized carbons (Fsp3) is 0.154. The molecule has 4 nitrogen and oxygen atoms in total. The summed E-state index contributed by atoms with van der Waals surface area (Å²) in [6, 6.07) is 9.72. The number of benzene rings is 1. The molecule has 1 aliphatic rings. The van der Waals surface area contributed by atoms with Gasteiger partial charge in [-0.2, -0.15) is 0 Å². The number of hydrogen-bond donors (Lipinski definition) is 1. The van der Waals surface area contributed by atoms with Crippen molar-refractivity contribution >= 4 is 17.3 Å². The SMILES string of the molecule is NCCO/N=C1/c2cc(Cl)ccc2-n2cccc21. The van der Waals surface area contributed by atoms with Crippen LogP contribution in [0.3, 0.4) is 0 Å². The van der Waals surface area contributed by atoms with Crippen molar-refractivity contribution in [1.29, 1.82) is 0 Å². The molecule has 2 heterocycles. The number of fused-ring (bicyclic) bond motifs is 3. The third-order valence-electron chi connectivity index (χ3n) is 2.83. The summed E-state index contributed by atoms with van der Waals surface area (Å²) in [4.78, 5) is 5.20. The lowest BCUT2D eigenvalue weighted by Gasteiger charge is -2.01. The standard InChI is InChI=1S/C13H12ClN3O/c14-9-3-4-11-10(8-9)13(16-18-7-5-15)12-2-1-6-17(11)12/h1-4,6,8H,5,7,15H2/b16-13-. The maximum absolute atomic E-state index is 6.03. The van der Waals surface area contributed by atoms with Gasteiger partial charge in [-0.15, -0.1) is 0 Å². The zero-order chi connectivity index (χ0) is 12.5. The first kappa shape index (κ1) is 11.3. The van der Waals surface area contributed by atoms with Crippen LogP contribution in [-0.4, -0.2) is 23.4 Å². The highest BCUT2D eigenvalue weighted by molar-refractivity contribution is 6.31. The third-order valence-corrected chi connectivity index (χ3v) is 3.06. The van der Waals surface area contributed by atoms with Crippen molar-refractivity contribution in [2.45, 2.75) is 0 Å². The summed E-state index contributed by atoms with van der Waals surface area (Å²) in [6.07, 6.45) is 1.99. The van der Waals surface area contributed by atoms with Crippen LogP contribution < -0.4 is 5.73 Å². The second kappa shape index (κ2) is 4.48. The Kier molecular flexibility index (Phi) is 2.81. The molecule has 0 amide bonds. The van der Waals surface area contributed by atoms with Crippen molar-refractivity contribution in [3.05, 3.63) is 52.8 Å². The Labute approximate surface area is 110 Å². The Morgan fingerprint density at radius 1 is 1.33 bits per heavy atom. The Hall–Kier alpha value is -1.78. The molecule has 1 aliphatic heterocycles. The van der Waals surface area contributed by atoms with Gasteiger partial charge in [0.05, 0.1) is 11.4 Å². The van der Waals surface area contributed by atoms with Crippen molar-refractivity contribution in [1.82, 2.24) is 4.57 Å². The lowest BCUT2D eigenvalue weighted by molar-refractivity contribution is 0.152. The largest absolute Gasteiger partial charge is 0.394 e. The first-order valence-corrected chi connectivity index (χ1v) is 6.07. The van der Waals surface area contributed by atoms with Crippen LogP contribution in [0.2, 0.25) is 5.02 Å². The number of rotatable bonds is 3. The van der Waals surface area contributed by atoms with E-state index >= 15 is 0 Å². The Bertz CT molecular complexity index is 618. The highest BCUT2D eigenvalue weighted by Crippen LogP contribution is 2.30. The van der Waals surface area contributed by atoms with Crippen LogP contribution in [0, 0.1) is 0 Å². The van der Waals surface area contributed by atoms with Crippen molar-refractivity contribution in [3.8, 4) is 5.69 Å². The van der Waals surface area contributed by atoms with Crippen molar-refractivity contribution in [2.24, 2.45) is 10.9 Å². The predicted octanol–water partition coefficient (Wildman–Crippen LogP) is 2.17. The Morgan fingerprint density at radius 3 is 3.06 bits per heavy atom. The van der Waals surface area contributed by atoms with E-state index in [2.05, 4.69) is 9.72 Å². The molecule has 2 N–H and O–H groups in total. The summed E-state index contributed by atoms with van der Waals surface area (Å²) >= 11 is 6.03. The number of nitrogens with two attached hydrogens (primary N) is 1. The summed E-state index contributed by atoms with van der Waals surface area (Å²) in [5.41, 5.74) is 9.23. The molecule has 18 heavy (non-hydrogen) atoms. The number of oxime groups is 1. The first-order valence-electron chi connectivity index (χ1n) is 5.69. The van der Waals surface area contributed by atoms with E-state index in [-0.39, 0.29) is 0 Å². The monoisotopic (exact) mass is 261 g/mol. The van der Waals surface area contributed by atoms with Crippen LogP contribution in [0.1, 0.15) is 11.3 Å². The first-order chi connectivity index (χ1) is 8.81. The molecule has 0 radical (unpaired) electrons. The molecule has 1 aromatic heterocycles. The van der Waals surface area contributed by atoms with Gasteiger partial charge in [0.2, 0.25) is 0 Å². The molecular formula is C13H12ClN3O. The van der Waals surface area contributed by atoms with Crippen molar-refractivity contribution < 1.29 is 4.84 Å². The second-order valence-electron chi connectivity index (χ2n) is 3.99. The molecule has 1 aromatic carbocycles. The maximum atomic E-state index is 6.03. The molecule has 0 fully saturated rings. The van der Waals surface area contributed by atoms with E-state index in [1.807, 2.05) is 36.5 Å². The van der Waals surface area contributed by atoms with Crippen molar-refractivity contribution in [2.75, 3.05) is 13.2 Å². The van der Waals surface area contributed by atoms with Gasteiger partial charge < -0.3 is 15.1 Å². The number of aromatic nitrogens is 1. The van der Waals surface area contributed by atoms with Crippen LogP contribution >= 0.6 is 11.6 Å². The zero-order valence-electron chi connectivity index (χ0n) is 9.64. The molecule has 0 bridgehead atoms. The van der Waals surface area contributed by atoms with Gasteiger partial charge in [0.15, 0.2) is 0 Å². The maximum Gasteiger partial charge on any atom is 0.136 e. The van der Waals surface area contributed by atoms with Crippen LogP contribution in [0.5, 0.6) is 0 Å². The van der Waals surface area contributed by atoms with Gasteiger partial charge in [-0.3, -0.25) is 0 Å². The average molecular weight is 262 g/mol. The van der Waals surface area contributed by atoms with E-state index in [1.165, 1.54) is 0 Å². The number of hydrogen-bond acceptors (Lipinski definition) is 3. The molecular weight excluding hydrogens is 250 g/mol. The van der Waals surface area contributed by atoms with Gasteiger partial charge >= 0.3 is 0 Å². The summed E-state index contributed by atoms with van der Waals surface area (Å²) in [5, 5.41) is 4.85. The van der Waals surface area contributed by atoms with Gasteiger partial charge in [-0.05, 0) is 30.3 Å². The van der Waals surface area contributed by atoms with Crippen LogP contribution in [0.25, 0.3) is 5.69 Å². The normalized spacial score (nSPS) is 14.7. The van der Waals surface area contributed by atoms with E-state index < -0.39 is 0 Å². The second-order valence-corrected chi connectivity index (χ2v) is 4.42. The lowest BCUT2D eigenvalue weighted by atomic mass is 10.1. The van der Waals surface area contributed by atoms with E-state index in [0.29, 0.717) is 18.2 Å². The third kappa shape index (κ3) is 1.70. The molecule has 92 valence electrons. The topological polar surface area (TPSA) is 52.5 Å². The number of halogens is 1. The average Bonchev–Trinajstić information content (AvgIpc) is 2.92. The molecule has 0 saturated heterocycles. The summed E-state index contributed by atoms with van der Waals surface area (Å²) in [6.45, 7) is 0.848. The molecule has 0 aliphatic carbocycles. The minimum absolute atomic E-state index is 0.403. The summed E-state index contributed by atoms with van der Waals surface area (Å²) in [5.74, 6) is 0. The lowest BCUT2D eigenvalue weighted by Crippen LogP contribution is -2.07. The molecule has 0 spiro atoms. The summed E-state index contributed by atoms with van der Waals surface area (Å²) < 4.78 is 2.07. The molecule has 2 aromatic rings. The van der Waals surface area contributed by atoms with Crippen LogP contribution in [0.4, 0.5) is 0 Å². The molecule has 5 heteroatoms.